The van der Waals surface area contributed by atoms with Gasteiger partial charge < -0.3 is 4.74 Å². The van der Waals surface area contributed by atoms with Crippen LogP contribution in [0.4, 0.5) is 0 Å². The van der Waals surface area contributed by atoms with Gasteiger partial charge >= 0.3 is 5.97 Å². The number of hydrogen-bond acceptors (Lipinski definition) is 4. The van der Waals surface area contributed by atoms with E-state index in [1.165, 1.54) is 0 Å². The van der Waals surface area contributed by atoms with Gasteiger partial charge in [-0.3, -0.25) is 4.79 Å². The van der Waals surface area contributed by atoms with Gasteiger partial charge in [0, 0.05) is 4.70 Å². The molecule has 0 radical (unpaired) electrons. The number of nitriles is 1. The number of ether oxygens (including phenoxy) is 1. The minimum absolute atomic E-state index is 0.496. The Morgan fingerprint density at radius 2 is 2.11 bits per heavy atom. The molecule has 0 aliphatic carbocycles. The highest BCUT2D eigenvalue weighted by atomic mass is 32.1. The Labute approximate surface area is 116 Å². The molecule has 0 saturated carbocycles. The van der Waals surface area contributed by atoms with E-state index in [0.29, 0.717) is 5.56 Å². The average Bonchev–Trinajstić information content (AvgIpc) is 2.74. The second-order valence-electron chi connectivity index (χ2n) is 5.31. The summed E-state index contributed by atoms with van der Waals surface area (Å²) in [6, 6.07) is 9.63. The van der Waals surface area contributed by atoms with Crippen LogP contribution in [0.2, 0.25) is 0 Å². The SMILES string of the molecule is CC(C)(C)OC(=O)C(C#N)c1ccc2sccc2c1. The van der Waals surface area contributed by atoms with Gasteiger partial charge in [0.2, 0.25) is 0 Å². The van der Waals surface area contributed by atoms with E-state index in [0.717, 1.165) is 10.1 Å². The molecule has 0 bridgehead atoms. The normalized spacial score (nSPS) is 12.9. The lowest BCUT2D eigenvalue weighted by Crippen LogP contribution is -2.27. The number of nitrogens with zero attached hydrogens (tertiary/aromatic N) is 1. The predicted octanol–water partition coefficient (Wildman–Crippen LogP) is 3.85. The molecule has 3 nitrogen and oxygen atoms in total. The number of fused-ring (bicyclic) bond motifs is 1. The summed E-state index contributed by atoms with van der Waals surface area (Å²) in [6.45, 7) is 5.38. The standard InChI is InChI=1S/C15H15NO2S/c1-15(2,3)18-14(17)12(9-16)10-4-5-13-11(8-10)6-7-19-13/h4-8,12H,1-3H3. The van der Waals surface area contributed by atoms with Crippen LogP contribution < -0.4 is 0 Å². The first-order valence-corrected chi connectivity index (χ1v) is 6.88. The van der Waals surface area contributed by atoms with E-state index in [9.17, 15) is 10.1 Å². The Bertz CT molecular complexity index is 646. The largest absolute Gasteiger partial charge is 0.459 e. The Morgan fingerprint density at radius 1 is 1.37 bits per heavy atom. The minimum Gasteiger partial charge on any atom is -0.459 e. The maximum absolute atomic E-state index is 12.0. The van der Waals surface area contributed by atoms with E-state index >= 15 is 0 Å². The molecule has 98 valence electrons. The van der Waals surface area contributed by atoms with E-state index in [4.69, 9.17) is 4.74 Å². The molecule has 0 amide bonds. The lowest BCUT2D eigenvalue weighted by molar-refractivity contribution is -0.155. The van der Waals surface area contributed by atoms with Gasteiger partial charge in [-0.1, -0.05) is 6.07 Å². The molecule has 4 heteroatoms. The average molecular weight is 273 g/mol. The van der Waals surface area contributed by atoms with Gasteiger partial charge in [-0.25, -0.2) is 0 Å². The van der Waals surface area contributed by atoms with Crippen molar-refractivity contribution in [2.45, 2.75) is 32.3 Å². The maximum atomic E-state index is 12.0. The molecule has 0 aliphatic heterocycles. The van der Waals surface area contributed by atoms with Crippen molar-refractivity contribution < 1.29 is 9.53 Å². The summed E-state index contributed by atoms with van der Waals surface area (Å²) in [7, 11) is 0. The molecule has 1 aromatic carbocycles. The molecule has 2 rings (SSSR count). The number of carbonyl (C=O) groups is 1. The first-order chi connectivity index (χ1) is 8.90. The van der Waals surface area contributed by atoms with Crippen LogP contribution in [0, 0.1) is 11.3 Å². The topological polar surface area (TPSA) is 50.1 Å². The van der Waals surface area contributed by atoms with Crippen molar-refractivity contribution in [3.63, 3.8) is 0 Å². The van der Waals surface area contributed by atoms with E-state index in [1.54, 1.807) is 32.1 Å². The fourth-order valence-corrected chi connectivity index (χ4v) is 2.56. The predicted molar refractivity (Wildman–Crippen MR) is 76.0 cm³/mol. The smallest absolute Gasteiger partial charge is 0.328 e. The Morgan fingerprint density at radius 3 is 2.74 bits per heavy atom. The number of thiophene rings is 1. The summed E-state index contributed by atoms with van der Waals surface area (Å²) in [6.07, 6.45) is 0. The molecule has 1 unspecified atom stereocenters. The molecule has 1 atom stereocenters. The fourth-order valence-electron chi connectivity index (χ4n) is 1.79. The number of rotatable bonds is 2. The molecule has 0 aliphatic rings. The third kappa shape index (κ3) is 3.12. The lowest BCUT2D eigenvalue weighted by atomic mass is 9.99. The number of benzene rings is 1. The summed E-state index contributed by atoms with van der Waals surface area (Å²) in [5, 5.41) is 12.3. The molecule has 0 spiro atoms. The second-order valence-corrected chi connectivity index (χ2v) is 6.26. The number of carbonyl (C=O) groups excluding carboxylic acids is 1. The number of esters is 1. The van der Waals surface area contributed by atoms with Crippen LogP contribution in [-0.2, 0) is 9.53 Å². The van der Waals surface area contributed by atoms with Crippen molar-refractivity contribution in [1.82, 2.24) is 0 Å². The van der Waals surface area contributed by atoms with Gasteiger partial charge in [-0.05, 0) is 55.3 Å². The van der Waals surface area contributed by atoms with Crippen molar-refractivity contribution in [3.8, 4) is 6.07 Å². The van der Waals surface area contributed by atoms with Crippen LogP contribution in [0.3, 0.4) is 0 Å². The van der Waals surface area contributed by atoms with Crippen LogP contribution in [0.15, 0.2) is 29.6 Å². The highest BCUT2D eigenvalue weighted by Crippen LogP contribution is 2.27. The third-order valence-corrected chi connectivity index (χ3v) is 3.48. The molecule has 0 saturated heterocycles. The minimum atomic E-state index is -0.872. The third-order valence-electron chi connectivity index (χ3n) is 2.58. The zero-order valence-electron chi connectivity index (χ0n) is 11.1. The second kappa shape index (κ2) is 5.02. The van der Waals surface area contributed by atoms with Crippen molar-refractivity contribution in [2.24, 2.45) is 0 Å². The molecule has 1 aromatic heterocycles. The molecule has 0 fully saturated rings. The van der Waals surface area contributed by atoms with E-state index in [-0.39, 0.29) is 0 Å². The van der Waals surface area contributed by atoms with Gasteiger partial charge in [0.15, 0.2) is 5.92 Å². The summed E-state index contributed by atoms with van der Waals surface area (Å²) < 4.78 is 6.42. The molecular formula is C15H15NO2S. The molecule has 2 aromatic rings. The Kier molecular flexibility index (Phi) is 3.59. The Hall–Kier alpha value is -1.86. The van der Waals surface area contributed by atoms with Gasteiger partial charge in [-0.15, -0.1) is 11.3 Å². The van der Waals surface area contributed by atoms with Crippen LogP contribution in [0.1, 0.15) is 32.3 Å². The highest BCUT2D eigenvalue weighted by Gasteiger charge is 2.26. The maximum Gasteiger partial charge on any atom is 0.328 e. The quantitative estimate of drug-likeness (QED) is 0.781. The zero-order chi connectivity index (χ0) is 14.0. The van der Waals surface area contributed by atoms with E-state index in [2.05, 4.69) is 0 Å². The van der Waals surface area contributed by atoms with Crippen LogP contribution in [-0.4, -0.2) is 11.6 Å². The van der Waals surface area contributed by atoms with Gasteiger partial charge in [-0.2, -0.15) is 5.26 Å². The first-order valence-electron chi connectivity index (χ1n) is 6.00. The summed E-state index contributed by atoms with van der Waals surface area (Å²) in [5.41, 5.74) is 0.0984. The van der Waals surface area contributed by atoms with Gasteiger partial charge in [0.1, 0.15) is 5.60 Å². The van der Waals surface area contributed by atoms with E-state index < -0.39 is 17.5 Å². The van der Waals surface area contributed by atoms with Crippen LogP contribution in [0.25, 0.3) is 10.1 Å². The zero-order valence-corrected chi connectivity index (χ0v) is 12.0. The van der Waals surface area contributed by atoms with Crippen molar-refractivity contribution in [3.05, 3.63) is 35.2 Å². The van der Waals surface area contributed by atoms with Crippen LogP contribution >= 0.6 is 11.3 Å². The Balaban J connectivity index is 2.31. The molecule has 19 heavy (non-hydrogen) atoms. The van der Waals surface area contributed by atoms with E-state index in [1.807, 2.05) is 35.7 Å². The van der Waals surface area contributed by atoms with Crippen molar-refractivity contribution in [2.75, 3.05) is 0 Å². The summed E-state index contributed by atoms with van der Waals surface area (Å²) in [5.74, 6) is -1.37. The van der Waals surface area contributed by atoms with Crippen molar-refractivity contribution in [1.29, 1.82) is 5.26 Å². The summed E-state index contributed by atoms with van der Waals surface area (Å²) in [4.78, 5) is 12.0. The first kappa shape index (κ1) is 13.6. The highest BCUT2D eigenvalue weighted by molar-refractivity contribution is 7.17. The summed E-state index contributed by atoms with van der Waals surface area (Å²) >= 11 is 1.63. The number of hydrogen-bond donors (Lipinski definition) is 0. The monoisotopic (exact) mass is 273 g/mol. The lowest BCUT2D eigenvalue weighted by Gasteiger charge is -2.21. The molecule has 0 N–H and O–H groups in total. The van der Waals surface area contributed by atoms with Gasteiger partial charge in [0.25, 0.3) is 0 Å². The van der Waals surface area contributed by atoms with Gasteiger partial charge in [0.05, 0.1) is 6.07 Å². The van der Waals surface area contributed by atoms with Crippen molar-refractivity contribution >= 4 is 27.4 Å². The molecular weight excluding hydrogens is 258 g/mol. The van der Waals surface area contributed by atoms with Crippen LogP contribution in [0.5, 0.6) is 0 Å². The molecule has 1 heterocycles. The fraction of sp³-hybridized carbons (Fsp3) is 0.333.